The van der Waals surface area contributed by atoms with Gasteiger partial charge in [-0.05, 0) is 42.9 Å². The van der Waals surface area contributed by atoms with Crippen LogP contribution in [0.3, 0.4) is 0 Å². The van der Waals surface area contributed by atoms with Crippen molar-refractivity contribution in [2.45, 2.75) is 57.9 Å². The van der Waals surface area contributed by atoms with Crippen molar-refractivity contribution in [3.63, 3.8) is 0 Å². The number of amides is 3. The Labute approximate surface area is 220 Å². The summed E-state index contributed by atoms with van der Waals surface area (Å²) in [5.74, 6) is 0.208. The lowest BCUT2D eigenvalue weighted by atomic mass is 9.84. The van der Waals surface area contributed by atoms with Crippen molar-refractivity contribution in [1.82, 2.24) is 15.1 Å². The van der Waals surface area contributed by atoms with Gasteiger partial charge in [0, 0.05) is 25.3 Å². The molecule has 0 radical (unpaired) electrons. The molecule has 7 heteroatoms. The van der Waals surface area contributed by atoms with E-state index >= 15 is 0 Å². The zero-order valence-corrected chi connectivity index (χ0v) is 22.4. The second-order valence-electron chi connectivity index (χ2n) is 10.5. The molecule has 2 fully saturated rings. The molecule has 2 aromatic carbocycles. The predicted octanol–water partition coefficient (Wildman–Crippen LogP) is 4.01. The smallest absolute Gasteiger partial charge is 0.250 e. The predicted molar refractivity (Wildman–Crippen MR) is 146 cm³/mol. The SMILES string of the molecule is CCC(C)CNC(=O)CN1CN(c2ccccc2)C2(CCN(C(=O)C(CC)c3ccccc3)CC2)C1=O. The number of rotatable bonds is 9. The monoisotopic (exact) mass is 504 g/mol. The van der Waals surface area contributed by atoms with Gasteiger partial charge in [0.2, 0.25) is 11.8 Å². The number of nitrogens with zero attached hydrogens (tertiary/aromatic N) is 3. The molecule has 2 saturated heterocycles. The lowest BCUT2D eigenvalue weighted by Crippen LogP contribution is -2.58. The molecule has 198 valence electrons. The molecule has 2 unspecified atom stereocenters. The number of likely N-dealkylation sites (tertiary alicyclic amines) is 1. The normalized spacial score (nSPS) is 18.7. The van der Waals surface area contributed by atoms with Crippen molar-refractivity contribution in [1.29, 1.82) is 0 Å². The molecule has 0 saturated carbocycles. The first kappa shape index (κ1) is 26.7. The average molecular weight is 505 g/mol. The summed E-state index contributed by atoms with van der Waals surface area (Å²) in [6.07, 6.45) is 2.82. The number of para-hydroxylation sites is 1. The van der Waals surface area contributed by atoms with Crippen LogP contribution in [0.4, 0.5) is 5.69 Å². The molecule has 0 aliphatic carbocycles. The highest BCUT2D eigenvalue weighted by atomic mass is 16.2. The minimum atomic E-state index is -0.746. The molecule has 3 amide bonds. The van der Waals surface area contributed by atoms with Crippen molar-refractivity contribution >= 4 is 23.4 Å². The van der Waals surface area contributed by atoms with Crippen LogP contribution in [-0.4, -0.2) is 65.9 Å². The zero-order valence-electron chi connectivity index (χ0n) is 22.4. The van der Waals surface area contributed by atoms with E-state index in [1.807, 2.05) is 72.5 Å². The number of benzene rings is 2. The van der Waals surface area contributed by atoms with E-state index in [4.69, 9.17) is 0 Å². The van der Waals surface area contributed by atoms with E-state index in [1.165, 1.54) is 0 Å². The Morgan fingerprint density at radius 1 is 0.946 bits per heavy atom. The summed E-state index contributed by atoms with van der Waals surface area (Å²) < 4.78 is 0. The summed E-state index contributed by atoms with van der Waals surface area (Å²) in [5, 5.41) is 2.98. The van der Waals surface area contributed by atoms with Crippen LogP contribution in [0.25, 0.3) is 0 Å². The Morgan fingerprint density at radius 2 is 1.57 bits per heavy atom. The van der Waals surface area contributed by atoms with Gasteiger partial charge in [0.25, 0.3) is 5.91 Å². The molecule has 1 N–H and O–H groups in total. The molecule has 37 heavy (non-hydrogen) atoms. The molecule has 4 rings (SSSR count). The quantitative estimate of drug-likeness (QED) is 0.560. The number of piperidine rings is 1. The third-order valence-electron chi connectivity index (χ3n) is 8.07. The fourth-order valence-electron chi connectivity index (χ4n) is 5.54. The van der Waals surface area contributed by atoms with Crippen molar-refractivity contribution in [2.75, 3.05) is 37.7 Å². The molecule has 7 nitrogen and oxygen atoms in total. The molecule has 0 bridgehead atoms. The minimum Gasteiger partial charge on any atom is -0.354 e. The summed E-state index contributed by atoms with van der Waals surface area (Å²) in [6.45, 7) is 8.32. The fourth-order valence-corrected chi connectivity index (χ4v) is 5.54. The Kier molecular flexibility index (Phi) is 8.52. The molecule has 1 spiro atoms. The summed E-state index contributed by atoms with van der Waals surface area (Å²) in [5.41, 5.74) is 1.26. The van der Waals surface area contributed by atoms with Gasteiger partial charge in [0.15, 0.2) is 0 Å². The van der Waals surface area contributed by atoms with Crippen molar-refractivity contribution in [2.24, 2.45) is 5.92 Å². The van der Waals surface area contributed by atoms with Crippen LogP contribution in [0.1, 0.15) is 57.9 Å². The molecule has 2 heterocycles. The standard InChI is InChI=1S/C30H40N4O3/c1-4-23(3)20-31-27(35)21-33-22-34(25-14-10-7-11-15-25)30(29(33)37)16-18-32(19-17-30)28(36)26(5-2)24-12-8-6-9-13-24/h6-15,23,26H,4-5,16-22H2,1-3H3,(H,31,35). The van der Waals surface area contributed by atoms with Crippen LogP contribution in [0.15, 0.2) is 60.7 Å². The maximum absolute atomic E-state index is 13.9. The van der Waals surface area contributed by atoms with Crippen LogP contribution >= 0.6 is 0 Å². The van der Waals surface area contributed by atoms with Gasteiger partial charge < -0.3 is 20.0 Å². The van der Waals surface area contributed by atoms with Crippen molar-refractivity contribution in [3.05, 3.63) is 66.2 Å². The van der Waals surface area contributed by atoms with E-state index in [1.54, 1.807) is 4.90 Å². The summed E-state index contributed by atoms with van der Waals surface area (Å²) >= 11 is 0. The van der Waals surface area contributed by atoms with Crippen molar-refractivity contribution in [3.8, 4) is 0 Å². The lowest BCUT2D eigenvalue weighted by molar-refractivity contribution is -0.140. The summed E-state index contributed by atoms with van der Waals surface area (Å²) in [4.78, 5) is 45.8. The first-order chi connectivity index (χ1) is 17.9. The number of carbonyl (C=O) groups is 3. The topological polar surface area (TPSA) is 73.0 Å². The number of nitrogens with one attached hydrogen (secondary N) is 1. The Balaban J connectivity index is 1.50. The largest absolute Gasteiger partial charge is 0.354 e. The Bertz CT molecular complexity index is 1070. The fraction of sp³-hybridized carbons (Fsp3) is 0.500. The zero-order chi connectivity index (χ0) is 26.4. The molecule has 2 aliphatic heterocycles. The van der Waals surface area contributed by atoms with E-state index in [2.05, 4.69) is 24.1 Å². The maximum atomic E-state index is 13.9. The van der Waals surface area contributed by atoms with E-state index in [9.17, 15) is 14.4 Å². The first-order valence-corrected chi connectivity index (χ1v) is 13.6. The second kappa shape index (κ2) is 11.8. The average Bonchev–Trinajstić information content (AvgIpc) is 3.19. The number of carbonyl (C=O) groups excluding carboxylic acids is 3. The van der Waals surface area contributed by atoms with Crippen LogP contribution in [0.5, 0.6) is 0 Å². The highest BCUT2D eigenvalue weighted by molar-refractivity contribution is 5.96. The first-order valence-electron chi connectivity index (χ1n) is 13.6. The maximum Gasteiger partial charge on any atom is 0.250 e. The van der Waals surface area contributed by atoms with E-state index < -0.39 is 5.54 Å². The van der Waals surface area contributed by atoms with Crippen molar-refractivity contribution < 1.29 is 14.4 Å². The van der Waals surface area contributed by atoms with E-state index in [0.717, 1.165) is 24.1 Å². The molecular weight excluding hydrogens is 464 g/mol. The molecule has 2 atom stereocenters. The van der Waals surface area contributed by atoms with Crippen LogP contribution in [0.2, 0.25) is 0 Å². The third kappa shape index (κ3) is 5.65. The van der Waals surface area contributed by atoms with Gasteiger partial charge in [-0.3, -0.25) is 14.4 Å². The highest BCUT2D eigenvalue weighted by Gasteiger charge is 2.54. The molecule has 2 aromatic rings. The second-order valence-corrected chi connectivity index (χ2v) is 10.5. The number of anilines is 1. The molecular formula is C30H40N4O3. The van der Waals surface area contributed by atoms with Crippen LogP contribution < -0.4 is 10.2 Å². The summed E-state index contributed by atoms with van der Waals surface area (Å²) in [6, 6.07) is 19.9. The van der Waals surface area contributed by atoms with Gasteiger partial charge in [-0.15, -0.1) is 0 Å². The molecule has 2 aliphatic rings. The number of hydrogen-bond donors (Lipinski definition) is 1. The van der Waals surface area contributed by atoms with Gasteiger partial charge in [-0.2, -0.15) is 0 Å². The van der Waals surface area contributed by atoms with Gasteiger partial charge >= 0.3 is 0 Å². The summed E-state index contributed by atoms with van der Waals surface area (Å²) in [7, 11) is 0. The van der Waals surface area contributed by atoms with E-state index in [0.29, 0.717) is 45.1 Å². The van der Waals surface area contributed by atoms with E-state index in [-0.39, 0.29) is 30.2 Å². The van der Waals surface area contributed by atoms with Gasteiger partial charge in [-0.1, -0.05) is 75.7 Å². The highest BCUT2D eigenvalue weighted by Crippen LogP contribution is 2.40. The lowest BCUT2D eigenvalue weighted by Gasteiger charge is -2.44. The Hall–Kier alpha value is -3.35. The Morgan fingerprint density at radius 3 is 2.16 bits per heavy atom. The third-order valence-corrected chi connectivity index (χ3v) is 8.07. The van der Waals surface area contributed by atoms with Gasteiger partial charge in [0.1, 0.15) is 12.1 Å². The van der Waals surface area contributed by atoms with Gasteiger partial charge in [-0.25, -0.2) is 0 Å². The van der Waals surface area contributed by atoms with Crippen LogP contribution in [0, 0.1) is 5.92 Å². The van der Waals surface area contributed by atoms with Gasteiger partial charge in [0.05, 0.1) is 12.6 Å². The van der Waals surface area contributed by atoms with Crippen LogP contribution in [-0.2, 0) is 14.4 Å². The minimum absolute atomic E-state index is 0.0164. The molecule has 0 aromatic heterocycles. The number of hydrogen-bond acceptors (Lipinski definition) is 4.